The number of piperazine rings is 1. The van der Waals surface area contributed by atoms with Crippen molar-refractivity contribution in [2.45, 2.75) is 18.7 Å². The van der Waals surface area contributed by atoms with Crippen LogP contribution in [0.4, 0.5) is 0 Å². The van der Waals surface area contributed by atoms with Crippen molar-refractivity contribution in [1.82, 2.24) is 14.5 Å². The van der Waals surface area contributed by atoms with E-state index in [-0.39, 0.29) is 59.5 Å². The molecule has 0 unspecified atom stereocenters. The van der Waals surface area contributed by atoms with Crippen molar-refractivity contribution in [1.29, 1.82) is 0 Å². The monoisotopic (exact) mass is 483 g/mol. The Kier molecular flexibility index (Phi) is 7.26. The summed E-state index contributed by atoms with van der Waals surface area (Å²) in [5.74, 6) is -0.597. The number of nitrogens with zero attached hydrogens (tertiary/aromatic N) is 2. The Labute approximate surface area is 192 Å². The number of aryl methyl sites for hydroxylation is 2. The Morgan fingerprint density at radius 3 is 2.06 bits per heavy atom. The number of halogens is 2. The molecule has 1 N–H and O–H groups in total. The number of hydrogen-bond acceptors (Lipinski definition) is 4. The molecule has 0 bridgehead atoms. The first-order valence-electron chi connectivity index (χ1n) is 9.68. The van der Waals surface area contributed by atoms with Gasteiger partial charge < -0.3 is 10.2 Å². The highest BCUT2D eigenvalue weighted by atomic mass is 35.5. The van der Waals surface area contributed by atoms with Gasteiger partial charge in [-0.05, 0) is 38.1 Å². The Morgan fingerprint density at radius 1 is 0.968 bits per heavy atom. The van der Waals surface area contributed by atoms with Gasteiger partial charge in [0, 0.05) is 31.7 Å². The van der Waals surface area contributed by atoms with E-state index in [0.29, 0.717) is 5.56 Å². The second kappa shape index (κ2) is 9.56. The standard InChI is InChI=1S/C21H23Cl2N3O4S/c1-14-10-15(2)12-16(11-14)21(28)24-13-19(27)25-6-8-26(9-7-25)31(29,30)20-17(22)4-3-5-18(20)23/h3-5,10-12H,6-9,13H2,1-2H3,(H,24,28). The van der Waals surface area contributed by atoms with Gasteiger partial charge in [-0.15, -0.1) is 0 Å². The molecule has 31 heavy (non-hydrogen) atoms. The summed E-state index contributed by atoms with van der Waals surface area (Å²) in [4.78, 5) is 26.3. The van der Waals surface area contributed by atoms with Crippen LogP contribution in [0.2, 0.25) is 10.0 Å². The first kappa shape index (κ1) is 23.5. The molecule has 166 valence electrons. The zero-order valence-corrected chi connectivity index (χ0v) is 19.5. The maximum atomic E-state index is 12.9. The van der Waals surface area contributed by atoms with Gasteiger partial charge in [0.25, 0.3) is 5.91 Å². The lowest BCUT2D eigenvalue weighted by molar-refractivity contribution is -0.131. The highest BCUT2D eigenvalue weighted by molar-refractivity contribution is 7.89. The molecular formula is C21H23Cl2N3O4S. The molecule has 2 aromatic rings. The molecule has 0 aromatic heterocycles. The molecule has 0 radical (unpaired) electrons. The number of amides is 2. The summed E-state index contributed by atoms with van der Waals surface area (Å²) in [6.45, 7) is 4.28. The predicted molar refractivity (Wildman–Crippen MR) is 120 cm³/mol. The smallest absolute Gasteiger partial charge is 0.251 e. The maximum Gasteiger partial charge on any atom is 0.251 e. The third-order valence-corrected chi connectivity index (χ3v) is 7.85. The van der Waals surface area contributed by atoms with Gasteiger partial charge >= 0.3 is 0 Å². The van der Waals surface area contributed by atoms with E-state index in [1.165, 1.54) is 21.3 Å². The van der Waals surface area contributed by atoms with Crippen LogP contribution in [0, 0.1) is 13.8 Å². The van der Waals surface area contributed by atoms with Gasteiger partial charge in [-0.1, -0.05) is 46.5 Å². The molecule has 0 spiro atoms. The van der Waals surface area contributed by atoms with Crippen molar-refractivity contribution >= 4 is 45.0 Å². The average molecular weight is 484 g/mol. The fraction of sp³-hybridized carbons (Fsp3) is 0.333. The second-order valence-corrected chi connectivity index (χ2v) is 10.1. The lowest BCUT2D eigenvalue weighted by Crippen LogP contribution is -2.52. The minimum Gasteiger partial charge on any atom is -0.343 e. The number of carbonyl (C=O) groups is 2. The van der Waals surface area contributed by atoms with Crippen LogP contribution < -0.4 is 5.32 Å². The molecule has 0 atom stereocenters. The lowest BCUT2D eigenvalue weighted by atomic mass is 10.1. The fourth-order valence-electron chi connectivity index (χ4n) is 3.51. The van der Waals surface area contributed by atoms with Crippen LogP contribution in [-0.2, 0) is 14.8 Å². The summed E-state index contributed by atoms with van der Waals surface area (Å²) in [5.41, 5.74) is 2.43. The van der Waals surface area contributed by atoms with Crippen molar-refractivity contribution in [3.8, 4) is 0 Å². The summed E-state index contributed by atoms with van der Waals surface area (Å²) in [5, 5.41) is 2.75. The largest absolute Gasteiger partial charge is 0.343 e. The van der Waals surface area contributed by atoms with Gasteiger partial charge in [0.2, 0.25) is 15.9 Å². The number of rotatable bonds is 5. The zero-order valence-electron chi connectivity index (χ0n) is 17.2. The zero-order chi connectivity index (χ0) is 22.8. The van der Waals surface area contributed by atoms with E-state index in [1.807, 2.05) is 19.9 Å². The van der Waals surface area contributed by atoms with Gasteiger partial charge in [0.1, 0.15) is 4.90 Å². The average Bonchev–Trinajstić information content (AvgIpc) is 2.71. The van der Waals surface area contributed by atoms with E-state index < -0.39 is 10.0 Å². The summed E-state index contributed by atoms with van der Waals surface area (Å²) in [6.07, 6.45) is 0. The van der Waals surface area contributed by atoms with Crippen molar-refractivity contribution in [2.24, 2.45) is 0 Å². The van der Waals surface area contributed by atoms with Crippen molar-refractivity contribution in [3.63, 3.8) is 0 Å². The second-order valence-electron chi connectivity index (χ2n) is 7.39. The number of carbonyl (C=O) groups excluding carboxylic acids is 2. The van der Waals surface area contributed by atoms with E-state index in [2.05, 4.69) is 5.32 Å². The fourth-order valence-corrected chi connectivity index (χ4v) is 6.03. The third-order valence-electron chi connectivity index (χ3n) is 4.99. The summed E-state index contributed by atoms with van der Waals surface area (Å²) in [7, 11) is -3.88. The highest BCUT2D eigenvalue weighted by Crippen LogP contribution is 2.31. The molecule has 10 heteroatoms. The van der Waals surface area contributed by atoms with Gasteiger partial charge in [-0.2, -0.15) is 4.31 Å². The molecule has 2 amide bonds. The van der Waals surface area contributed by atoms with Crippen molar-refractivity contribution in [2.75, 3.05) is 32.7 Å². The molecular weight excluding hydrogens is 461 g/mol. The van der Waals surface area contributed by atoms with Gasteiger partial charge in [-0.3, -0.25) is 9.59 Å². The number of hydrogen-bond donors (Lipinski definition) is 1. The van der Waals surface area contributed by atoms with Crippen molar-refractivity contribution < 1.29 is 18.0 Å². The van der Waals surface area contributed by atoms with Crippen LogP contribution in [0.15, 0.2) is 41.3 Å². The van der Waals surface area contributed by atoms with Gasteiger partial charge in [-0.25, -0.2) is 8.42 Å². The number of nitrogens with one attached hydrogen (secondary N) is 1. The van der Waals surface area contributed by atoms with E-state index in [4.69, 9.17) is 23.2 Å². The first-order chi connectivity index (χ1) is 14.6. The lowest BCUT2D eigenvalue weighted by Gasteiger charge is -2.34. The normalized spacial score (nSPS) is 15.0. The minimum absolute atomic E-state index is 0.0557. The van der Waals surface area contributed by atoms with Crippen LogP contribution >= 0.6 is 23.2 Å². The molecule has 1 saturated heterocycles. The number of benzene rings is 2. The Morgan fingerprint density at radius 2 is 1.52 bits per heavy atom. The SMILES string of the molecule is Cc1cc(C)cc(C(=O)NCC(=O)N2CCN(S(=O)(=O)c3c(Cl)cccc3Cl)CC2)c1. The van der Waals surface area contributed by atoms with Crippen LogP contribution in [0.5, 0.6) is 0 Å². The van der Waals surface area contributed by atoms with Gasteiger partial charge in [0.05, 0.1) is 16.6 Å². The molecule has 1 aliphatic heterocycles. The van der Waals surface area contributed by atoms with Crippen LogP contribution in [0.3, 0.4) is 0 Å². The highest BCUT2D eigenvalue weighted by Gasteiger charge is 2.33. The molecule has 1 heterocycles. The summed E-state index contributed by atoms with van der Waals surface area (Å²) >= 11 is 12.1. The van der Waals surface area contributed by atoms with E-state index in [1.54, 1.807) is 18.2 Å². The van der Waals surface area contributed by atoms with E-state index >= 15 is 0 Å². The predicted octanol–water partition coefficient (Wildman–Crippen LogP) is 2.87. The molecule has 1 fully saturated rings. The molecule has 1 aliphatic rings. The molecule has 2 aromatic carbocycles. The molecule has 0 aliphatic carbocycles. The summed E-state index contributed by atoms with van der Waals surface area (Å²) < 4.78 is 27.1. The van der Waals surface area contributed by atoms with Crippen LogP contribution in [0.1, 0.15) is 21.5 Å². The van der Waals surface area contributed by atoms with E-state index in [9.17, 15) is 18.0 Å². The Balaban J connectivity index is 1.58. The third kappa shape index (κ3) is 5.38. The van der Waals surface area contributed by atoms with Crippen LogP contribution in [0.25, 0.3) is 0 Å². The quantitative estimate of drug-likeness (QED) is 0.707. The molecule has 7 nitrogen and oxygen atoms in total. The van der Waals surface area contributed by atoms with Gasteiger partial charge in [0.15, 0.2) is 0 Å². The summed E-state index contributed by atoms with van der Waals surface area (Å²) in [6, 6.07) is 10.0. The maximum absolute atomic E-state index is 12.9. The number of sulfonamides is 1. The Hall–Kier alpha value is -2.13. The molecule has 3 rings (SSSR count). The molecule has 0 saturated carbocycles. The minimum atomic E-state index is -3.88. The van der Waals surface area contributed by atoms with Crippen LogP contribution in [-0.4, -0.2) is 62.2 Å². The first-order valence-corrected chi connectivity index (χ1v) is 11.9. The van der Waals surface area contributed by atoms with Crippen molar-refractivity contribution in [3.05, 3.63) is 63.1 Å². The van der Waals surface area contributed by atoms with E-state index in [0.717, 1.165) is 11.1 Å². The Bertz CT molecular complexity index is 1070. The topological polar surface area (TPSA) is 86.8 Å².